The minimum Gasteiger partial charge on any atom is -0.383 e. The van der Waals surface area contributed by atoms with E-state index in [1.54, 1.807) is 37.4 Å². The van der Waals surface area contributed by atoms with Crippen LogP contribution >= 0.6 is 11.3 Å². The SMILES string of the molecule is CNc1ccc(C=c2sc(=CC(=O)c3ccc(C(C)(C)C)cc3)[nH]c2=O)cc1[N+](=O)[O-]. The maximum absolute atomic E-state index is 12.6. The van der Waals surface area contributed by atoms with Gasteiger partial charge in [-0.3, -0.25) is 19.7 Å². The molecule has 0 unspecified atom stereocenters. The zero-order chi connectivity index (χ0) is 22.8. The van der Waals surface area contributed by atoms with Gasteiger partial charge in [0.2, 0.25) is 0 Å². The van der Waals surface area contributed by atoms with E-state index in [4.69, 9.17) is 0 Å². The Morgan fingerprint density at radius 1 is 1.16 bits per heavy atom. The minimum absolute atomic E-state index is 0.00448. The number of thiazole rings is 1. The van der Waals surface area contributed by atoms with E-state index in [-0.39, 0.29) is 22.4 Å². The van der Waals surface area contributed by atoms with Gasteiger partial charge in [-0.2, -0.15) is 0 Å². The number of aromatic nitrogens is 1. The number of Topliss-reactive ketones (excluding diaryl/α,β-unsaturated/α-hetero) is 1. The van der Waals surface area contributed by atoms with Crippen LogP contribution in [0.4, 0.5) is 11.4 Å². The second-order valence-electron chi connectivity index (χ2n) is 8.05. The van der Waals surface area contributed by atoms with Gasteiger partial charge in [-0.15, -0.1) is 11.3 Å². The van der Waals surface area contributed by atoms with Crippen molar-refractivity contribution >= 4 is 40.6 Å². The van der Waals surface area contributed by atoms with Crippen LogP contribution in [-0.2, 0) is 5.41 Å². The third-order valence-corrected chi connectivity index (χ3v) is 5.73. The first-order valence-electron chi connectivity index (χ1n) is 9.62. The second kappa shape index (κ2) is 8.69. The van der Waals surface area contributed by atoms with Crippen molar-refractivity contribution < 1.29 is 9.72 Å². The van der Waals surface area contributed by atoms with E-state index < -0.39 is 4.92 Å². The van der Waals surface area contributed by atoms with Gasteiger partial charge in [0.05, 0.1) is 14.1 Å². The van der Waals surface area contributed by atoms with E-state index in [0.717, 1.165) is 16.9 Å². The highest BCUT2D eigenvalue weighted by atomic mass is 32.1. The summed E-state index contributed by atoms with van der Waals surface area (Å²) in [7, 11) is 1.60. The molecule has 1 aromatic heterocycles. The standard InChI is InChI=1S/C23H23N3O4S/c1-23(2,3)16-8-6-15(7-9-16)19(27)13-21-25-22(28)20(31-21)12-14-5-10-17(24-4)18(11-14)26(29)30/h5-13,24H,1-4H3,(H,25,28). The zero-order valence-electron chi connectivity index (χ0n) is 17.7. The summed E-state index contributed by atoms with van der Waals surface area (Å²) in [5.41, 5.74) is 2.13. The fourth-order valence-electron chi connectivity index (χ4n) is 3.01. The molecular weight excluding hydrogens is 414 g/mol. The lowest BCUT2D eigenvalue weighted by atomic mass is 9.86. The number of carbonyl (C=O) groups excluding carboxylic acids is 1. The molecule has 1 heterocycles. The molecule has 0 bridgehead atoms. The first-order valence-corrected chi connectivity index (χ1v) is 10.4. The number of H-pyrrole nitrogens is 1. The van der Waals surface area contributed by atoms with Crippen LogP contribution in [0.3, 0.4) is 0 Å². The molecule has 3 aromatic rings. The number of aromatic amines is 1. The Morgan fingerprint density at radius 2 is 1.84 bits per heavy atom. The maximum Gasteiger partial charge on any atom is 0.292 e. The van der Waals surface area contributed by atoms with Gasteiger partial charge in [0.1, 0.15) is 5.69 Å². The molecule has 0 saturated carbocycles. The number of hydrogen-bond donors (Lipinski definition) is 2. The summed E-state index contributed by atoms with van der Waals surface area (Å²) in [6.07, 6.45) is 2.96. The summed E-state index contributed by atoms with van der Waals surface area (Å²) in [5, 5.41) is 14.0. The van der Waals surface area contributed by atoms with E-state index in [2.05, 4.69) is 31.1 Å². The molecule has 0 aliphatic carbocycles. The third kappa shape index (κ3) is 5.16. The molecule has 8 heteroatoms. The van der Waals surface area contributed by atoms with Crippen LogP contribution < -0.4 is 20.1 Å². The summed E-state index contributed by atoms with van der Waals surface area (Å²) in [6.45, 7) is 6.31. The van der Waals surface area contributed by atoms with Crippen LogP contribution in [0.2, 0.25) is 0 Å². The topological polar surface area (TPSA) is 105 Å². The second-order valence-corrected chi connectivity index (χ2v) is 9.13. The third-order valence-electron chi connectivity index (χ3n) is 4.76. The Bertz CT molecular complexity index is 1310. The molecule has 0 fully saturated rings. The van der Waals surface area contributed by atoms with Gasteiger partial charge in [0, 0.05) is 24.8 Å². The number of ketones is 1. The number of anilines is 1. The van der Waals surface area contributed by atoms with Gasteiger partial charge >= 0.3 is 0 Å². The maximum atomic E-state index is 12.6. The Balaban J connectivity index is 1.94. The molecule has 0 amide bonds. The average Bonchev–Trinajstić information content (AvgIpc) is 3.05. The first-order chi connectivity index (χ1) is 14.6. The highest BCUT2D eigenvalue weighted by molar-refractivity contribution is 7.07. The number of nitrogens with zero attached hydrogens (tertiary/aromatic N) is 1. The van der Waals surface area contributed by atoms with Crippen molar-refractivity contribution in [3.63, 3.8) is 0 Å². The van der Waals surface area contributed by atoms with Gasteiger partial charge in [-0.25, -0.2) is 0 Å². The molecule has 3 rings (SSSR count). The van der Waals surface area contributed by atoms with Gasteiger partial charge in [-0.05, 0) is 28.7 Å². The van der Waals surface area contributed by atoms with Crippen molar-refractivity contribution in [1.82, 2.24) is 4.98 Å². The minimum atomic E-state index is -0.482. The van der Waals surface area contributed by atoms with Crippen LogP contribution in [0.25, 0.3) is 12.2 Å². The Labute approximate surface area is 182 Å². The number of carbonyl (C=O) groups is 1. The number of nitrogens with one attached hydrogen (secondary N) is 2. The lowest BCUT2D eigenvalue weighted by Gasteiger charge is -2.18. The molecule has 160 valence electrons. The molecule has 0 aliphatic heterocycles. The van der Waals surface area contributed by atoms with Crippen molar-refractivity contribution in [3.8, 4) is 0 Å². The molecule has 7 nitrogen and oxygen atoms in total. The molecule has 0 aliphatic rings. The van der Waals surface area contributed by atoms with Gasteiger partial charge in [0.25, 0.3) is 11.2 Å². The monoisotopic (exact) mass is 437 g/mol. The van der Waals surface area contributed by atoms with Crippen molar-refractivity contribution in [1.29, 1.82) is 0 Å². The first kappa shape index (κ1) is 22.2. The number of rotatable bonds is 5. The predicted molar refractivity (Wildman–Crippen MR) is 124 cm³/mol. The van der Waals surface area contributed by atoms with Gasteiger partial charge < -0.3 is 10.3 Å². The van der Waals surface area contributed by atoms with Crippen molar-refractivity contribution in [2.45, 2.75) is 26.2 Å². The van der Waals surface area contributed by atoms with E-state index >= 15 is 0 Å². The van der Waals surface area contributed by atoms with Crippen molar-refractivity contribution in [2.24, 2.45) is 0 Å². The fraction of sp³-hybridized carbons (Fsp3) is 0.217. The van der Waals surface area contributed by atoms with E-state index in [9.17, 15) is 19.7 Å². The van der Waals surface area contributed by atoms with Crippen LogP contribution in [-0.4, -0.2) is 22.7 Å². The number of nitro groups is 1. The Kier molecular flexibility index (Phi) is 6.21. The number of benzene rings is 2. The fourth-order valence-corrected chi connectivity index (χ4v) is 3.90. The molecule has 0 saturated heterocycles. The molecule has 2 N–H and O–H groups in total. The van der Waals surface area contributed by atoms with Crippen LogP contribution in [0, 0.1) is 10.1 Å². The molecule has 0 atom stereocenters. The Morgan fingerprint density at radius 3 is 2.42 bits per heavy atom. The quantitative estimate of drug-likeness (QED) is 0.362. The summed E-state index contributed by atoms with van der Waals surface area (Å²) in [6, 6.07) is 12.1. The van der Waals surface area contributed by atoms with E-state index in [1.165, 1.54) is 12.1 Å². The van der Waals surface area contributed by atoms with E-state index in [1.807, 2.05) is 12.1 Å². The summed E-state index contributed by atoms with van der Waals surface area (Å²) >= 11 is 1.12. The van der Waals surface area contributed by atoms with Gasteiger partial charge in [-0.1, -0.05) is 51.1 Å². The van der Waals surface area contributed by atoms with Crippen LogP contribution in [0.5, 0.6) is 0 Å². The number of hydrogen-bond acceptors (Lipinski definition) is 6. The van der Waals surface area contributed by atoms with E-state index in [0.29, 0.717) is 26.0 Å². The lowest BCUT2D eigenvalue weighted by Crippen LogP contribution is -2.20. The normalized spacial score (nSPS) is 12.8. The predicted octanol–water partition coefficient (Wildman–Crippen LogP) is 3.18. The zero-order valence-corrected chi connectivity index (χ0v) is 18.5. The summed E-state index contributed by atoms with van der Waals surface area (Å²) < 4.78 is 0.774. The molecule has 0 radical (unpaired) electrons. The van der Waals surface area contributed by atoms with Gasteiger partial charge in [0.15, 0.2) is 5.78 Å². The molecule has 31 heavy (non-hydrogen) atoms. The van der Waals surface area contributed by atoms with Crippen LogP contribution in [0.15, 0.2) is 47.3 Å². The highest BCUT2D eigenvalue weighted by Gasteiger charge is 2.14. The van der Waals surface area contributed by atoms with Crippen molar-refractivity contribution in [3.05, 3.63) is 88.8 Å². The Hall–Kier alpha value is -3.52. The molecular formula is C23H23N3O4S. The summed E-state index contributed by atoms with van der Waals surface area (Å²) in [5.74, 6) is -0.210. The molecule has 2 aromatic carbocycles. The highest BCUT2D eigenvalue weighted by Crippen LogP contribution is 2.25. The molecule has 0 spiro atoms. The van der Waals surface area contributed by atoms with Crippen LogP contribution in [0.1, 0.15) is 42.3 Å². The number of nitro benzene ring substituents is 1. The smallest absolute Gasteiger partial charge is 0.292 e. The lowest BCUT2D eigenvalue weighted by molar-refractivity contribution is -0.384. The largest absolute Gasteiger partial charge is 0.383 e. The average molecular weight is 438 g/mol. The van der Waals surface area contributed by atoms with Crippen molar-refractivity contribution in [2.75, 3.05) is 12.4 Å². The summed E-state index contributed by atoms with van der Waals surface area (Å²) in [4.78, 5) is 38.3.